The fourth-order valence-electron chi connectivity index (χ4n) is 3.99. The van der Waals surface area contributed by atoms with Crippen LogP contribution in [-0.4, -0.2) is 45.9 Å². The number of aliphatic hydroxyl groups excluding tert-OH is 1. The highest BCUT2D eigenvalue weighted by Gasteiger charge is 2.48. The van der Waals surface area contributed by atoms with Gasteiger partial charge in [-0.2, -0.15) is 0 Å². The van der Waals surface area contributed by atoms with Crippen LogP contribution < -0.4 is 9.64 Å². The van der Waals surface area contributed by atoms with Gasteiger partial charge in [-0.1, -0.05) is 49.5 Å². The average molecular weight is 534 g/mol. The predicted molar refractivity (Wildman–Crippen MR) is 143 cm³/mol. The largest absolute Gasteiger partial charge is 0.507 e. The van der Waals surface area contributed by atoms with E-state index in [1.54, 1.807) is 43.3 Å². The van der Waals surface area contributed by atoms with Crippen LogP contribution in [0.1, 0.15) is 52.3 Å². The molecule has 1 atom stereocenters. The van der Waals surface area contributed by atoms with Gasteiger partial charge in [0.25, 0.3) is 5.78 Å². The number of thiazole rings is 1. The Labute approximate surface area is 224 Å². The molecule has 0 saturated carbocycles. The number of ether oxygens (including phenoxy) is 2. The number of amides is 1. The summed E-state index contributed by atoms with van der Waals surface area (Å²) < 4.78 is 10.9. The molecule has 0 aliphatic carbocycles. The first-order valence-electron chi connectivity index (χ1n) is 12.1. The molecular formula is C28H27N3O6S. The van der Waals surface area contributed by atoms with Crippen molar-refractivity contribution in [1.29, 1.82) is 0 Å². The molecule has 0 bridgehead atoms. The summed E-state index contributed by atoms with van der Waals surface area (Å²) in [7, 11) is 0. The van der Waals surface area contributed by atoms with E-state index in [1.807, 2.05) is 0 Å². The van der Waals surface area contributed by atoms with Gasteiger partial charge in [-0.25, -0.2) is 9.78 Å². The minimum atomic E-state index is -0.995. The lowest BCUT2D eigenvalue weighted by Gasteiger charge is -2.22. The lowest BCUT2D eigenvalue weighted by molar-refractivity contribution is -0.132. The highest BCUT2D eigenvalue weighted by molar-refractivity contribution is 7.17. The van der Waals surface area contributed by atoms with Crippen LogP contribution in [0.4, 0.5) is 5.13 Å². The summed E-state index contributed by atoms with van der Waals surface area (Å²) in [5.74, 6) is -2.15. The number of carbonyl (C=O) groups is 3. The second-order valence-electron chi connectivity index (χ2n) is 8.48. The number of esters is 1. The zero-order chi connectivity index (χ0) is 27.2. The molecule has 0 radical (unpaired) electrons. The number of benzene rings is 1. The van der Waals surface area contributed by atoms with Gasteiger partial charge in [0.15, 0.2) is 5.13 Å². The molecule has 1 aliphatic rings. The van der Waals surface area contributed by atoms with Crippen LogP contribution in [0.2, 0.25) is 0 Å². The first kappa shape index (κ1) is 26.7. The van der Waals surface area contributed by atoms with Crippen molar-refractivity contribution in [2.45, 2.75) is 32.7 Å². The Morgan fingerprint density at radius 3 is 2.71 bits per heavy atom. The summed E-state index contributed by atoms with van der Waals surface area (Å²) in [6, 6.07) is 9.05. The van der Waals surface area contributed by atoms with E-state index < -0.39 is 23.7 Å². The average Bonchev–Trinajstić information content (AvgIpc) is 3.44. The van der Waals surface area contributed by atoms with Gasteiger partial charge in [-0.15, -0.1) is 0 Å². The van der Waals surface area contributed by atoms with Crippen LogP contribution in [0.3, 0.4) is 0 Å². The number of pyridine rings is 1. The molecule has 2 aromatic heterocycles. The molecule has 9 nitrogen and oxygen atoms in total. The fraction of sp³-hybridized carbons (Fsp3) is 0.250. The highest BCUT2D eigenvalue weighted by atomic mass is 32.1. The smallest absolute Gasteiger partial charge is 0.350 e. The molecule has 1 amide bonds. The van der Waals surface area contributed by atoms with Gasteiger partial charge in [0.2, 0.25) is 0 Å². The third-order valence-electron chi connectivity index (χ3n) is 5.85. The van der Waals surface area contributed by atoms with Gasteiger partial charge in [-0.3, -0.25) is 19.5 Å². The van der Waals surface area contributed by atoms with Crippen LogP contribution in [0.25, 0.3) is 5.76 Å². The molecule has 1 aromatic carbocycles. The number of aromatic nitrogens is 2. The number of aryl methyl sites for hydroxylation is 1. The Kier molecular flexibility index (Phi) is 8.32. The molecular weight excluding hydrogens is 506 g/mol. The van der Waals surface area contributed by atoms with Crippen molar-refractivity contribution in [3.63, 3.8) is 0 Å². The number of hydrogen-bond donors (Lipinski definition) is 1. The van der Waals surface area contributed by atoms with Gasteiger partial charge < -0.3 is 14.6 Å². The summed E-state index contributed by atoms with van der Waals surface area (Å²) in [5, 5.41) is 11.5. The maximum Gasteiger partial charge on any atom is 0.350 e. The van der Waals surface area contributed by atoms with Crippen molar-refractivity contribution in [2.24, 2.45) is 0 Å². The minimum Gasteiger partial charge on any atom is -0.507 e. The highest BCUT2D eigenvalue weighted by Crippen LogP contribution is 2.44. The van der Waals surface area contributed by atoms with Crippen LogP contribution in [0.5, 0.6) is 5.75 Å². The monoisotopic (exact) mass is 533 g/mol. The summed E-state index contributed by atoms with van der Waals surface area (Å²) in [5.41, 5.74) is 1.13. The van der Waals surface area contributed by atoms with Crippen LogP contribution in [0.15, 0.2) is 67.0 Å². The van der Waals surface area contributed by atoms with Crippen molar-refractivity contribution in [3.05, 3.63) is 88.7 Å². The molecule has 38 heavy (non-hydrogen) atoms. The second kappa shape index (κ2) is 11.8. The Balaban J connectivity index is 1.81. The van der Waals surface area contributed by atoms with Crippen molar-refractivity contribution < 1.29 is 29.0 Å². The van der Waals surface area contributed by atoms with E-state index in [9.17, 15) is 19.5 Å². The molecule has 4 rings (SSSR count). The number of nitrogens with zero attached hydrogens (tertiary/aromatic N) is 3. The maximum absolute atomic E-state index is 13.4. The van der Waals surface area contributed by atoms with E-state index >= 15 is 0 Å². The Bertz CT molecular complexity index is 1400. The summed E-state index contributed by atoms with van der Waals surface area (Å²) in [6.45, 7) is 7.74. The molecule has 1 unspecified atom stereocenters. The predicted octanol–water partition coefficient (Wildman–Crippen LogP) is 4.99. The Hall–Kier alpha value is -4.31. The third kappa shape index (κ3) is 5.35. The van der Waals surface area contributed by atoms with Crippen molar-refractivity contribution in [2.75, 3.05) is 18.1 Å². The third-order valence-corrected chi connectivity index (χ3v) is 6.99. The van der Waals surface area contributed by atoms with E-state index in [0.29, 0.717) is 29.2 Å². The van der Waals surface area contributed by atoms with Gasteiger partial charge in [0.05, 0.1) is 23.9 Å². The first-order chi connectivity index (χ1) is 18.4. The molecule has 1 aliphatic heterocycles. The zero-order valence-electron chi connectivity index (χ0n) is 21.0. The quantitative estimate of drug-likeness (QED) is 0.0966. The number of anilines is 1. The van der Waals surface area contributed by atoms with Crippen LogP contribution in [-0.2, 0) is 14.3 Å². The molecule has 10 heteroatoms. The molecule has 1 N–H and O–H groups in total. The lowest BCUT2D eigenvalue weighted by Crippen LogP contribution is -2.29. The number of aliphatic hydroxyl groups is 1. The number of hydrogen-bond acceptors (Lipinski definition) is 9. The number of rotatable bonds is 10. The summed E-state index contributed by atoms with van der Waals surface area (Å²) in [4.78, 5) is 49.1. The molecule has 3 heterocycles. The maximum atomic E-state index is 13.4. The number of unbranched alkanes of at least 4 members (excludes halogenated alkanes) is 1. The van der Waals surface area contributed by atoms with Crippen LogP contribution in [0, 0.1) is 6.92 Å². The van der Waals surface area contributed by atoms with Gasteiger partial charge >= 0.3 is 11.9 Å². The van der Waals surface area contributed by atoms with E-state index in [0.717, 1.165) is 24.2 Å². The second-order valence-corrected chi connectivity index (χ2v) is 9.46. The van der Waals surface area contributed by atoms with E-state index in [1.165, 1.54) is 23.4 Å². The molecule has 1 fully saturated rings. The van der Waals surface area contributed by atoms with Gasteiger partial charge in [-0.05, 0) is 43.2 Å². The van der Waals surface area contributed by atoms with Gasteiger partial charge in [0, 0.05) is 18.0 Å². The number of Topliss-reactive ketones (excluding diaryl/α,β-unsaturated/α-hetero) is 1. The van der Waals surface area contributed by atoms with Crippen molar-refractivity contribution in [1.82, 2.24) is 9.97 Å². The zero-order valence-corrected chi connectivity index (χ0v) is 21.9. The summed E-state index contributed by atoms with van der Waals surface area (Å²) in [6.07, 6.45) is 6.35. The van der Waals surface area contributed by atoms with Crippen LogP contribution >= 0.6 is 11.3 Å². The van der Waals surface area contributed by atoms with E-state index in [4.69, 9.17) is 9.47 Å². The Morgan fingerprint density at radius 2 is 2.00 bits per heavy atom. The molecule has 0 spiro atoms. The minimum absolute atomic E-state index is 0.0221. The topological polar surface area (TPSA) is 119 Å². The van der Waals surface area contributed by atoms with Crippen molar-refractivity contribution in [3.8, 4) is 5.75 Å². The van der Waals surface area contributed by atoms with Crippen molar-refractivity contribution >= 4 is 39.9 Å². The first-order valence-corrected chi connectivity index (χ1v) is 12.9. The summed E-state index contributed by atoms with van der Waals surface area (Å²) >= 11 is 0.936. The number of carbonyl (C=O) groups excluding carboxylic acids is 3. The van der Waals surface area contributed by atoms with Gasteiger partial charge in [0.1, 0.15) is 23.0 Å². The normalized spacial score (nSPS) is 16.5. The van der Waals surface area contributed by atoms with E-state index in [-0.39, 0.29) is 27.9 Å². The number of ketones is 1. The Morgan fingerprint density at radius 1 is 1.24 bits per heavy atom. The molecule has 3 aromatic rings. The lowest BCUT2D eigenvalue weighted by atomic mass is 9.96. The SMILES string of the molecule is C=CCOC(=O)c1sc(N2C(=O)C(=O)C(=C(O)c3cccc(OCCCC)c3)C2c2ccncc2)nc1C. The van der Waals surface area contributed by atoms with E-state index in [2.05, 4.69) is 23.5 Å². The molecule has 1 saturated heterocycles. The standard InChI is InChI=1S/C28H27N3O6S/c1-4-6-15-36-20-9-7-8-19(16-20)23(32)21-22(18-10-12-29-13-11-18)31(26(34)24(21)33)28-30-17(3)25(38-28)27(35)37-14-5-2/h5,7-13,16,22,32H,2,4,6,14-15H2,1,3H3. The molecule has 196 valence electrons. The fourth-order valence-corrected chi connectivity index (χ4v) is 4.98.